The van der Waals surface area contributed by atoms with Crippen molar-refractivity contribution in [2.75, 3.05) is 0 Å². The lowest BCUT2D eigenvalue weighted by Gasteiger charge is -2.14. The number of aromatic nitrogens is 3. The first-order chi connectivity index (χ1) is 26.3. The van der Waals surface area contributed by atoms with E-state index >= 15 is 0 Å². The van der Waals surface area contributed by atoms with E-state index in [1.807, 2.05) is 30.3 Å². The lowest BCUT2D eigenvalue weighted by molar-refractivity contribution is 0.669. The predicted molar refractivity (Wildman–Crippen MR) is 217 cm³/mol. The van der Waals surface area contributed by atoms with Crippen LogP contribution in [0, 0.1) is 0 Å². The first-order valence-electron chi connectivity index (χ1n) is 17.8. The quantitative estimate of drug-likeness (QED) is 0.176. The molecule has 0 N–H and O–H groups in total. The van der Waals surface area contributed by atoms with Gasteiger partial charge in [0.05, 0.1) is 0 Å². The maximum atomic E-state index is 6.31. The molecule has 0 fully saturated rings. The molecule has 0 unspecified atom stereocenters. The molecule has 0 radical (unpaired) electrons. The van der Waals surface area contributed by atoms with E-state index in [0.29, 0.717) is 17.5 Å². The Hall–Kier alpha value is -7.17. The van der Waals surface area contributed by atoms with Crippen molar-refractivity contribution in [1.29, 1.82) is 0 Å². The highest BCUT2D eigenvalue weighted by atomic mass is 16.3. The summed E-state index contributed by atoms with van der Waals surface area (Å²) < 4.78 is 6.31. The summed E-state index contributed by atoms with van der Waals surface area (Å²) in [7, 11) is 0. The predicted octanol–water partition coefficient (Wildman–Crippen LogP) is 12.9. The van der Waals surface area contributed by atoms with E-state index in [4.69, 9.17) is 19.4 Å². The topological polar surface area (TPSA) is 51.8 Å². The molecule has 8 aromatic carbocycles. The van der Waals surface area contributed by atoms with E-state index in [9.17, 15) is 0 Å². The van der Waals surface area contributed by atoms with Crippen molar-refractivity contribution in [3.05, 3.63) is 188 Å². The molecular weight excluding hydrogens is 647 g/mol. The Balaban J connectivity index is 1.17. The minimum Gasteiger partial charge on any atom is -0.456 e. The van der Waals surface area contributed by atoms with Gasteiger partial charge in [-0.1, -0.05) is 176 Å². The first kappa shape index (κ1) is 30.6. The van der Waals surface area contributed by atoms with Gasteiger partial charge in [0, 0.05) is 32.8 Å². The van der Waals surface area contributed by atoms with Crippen LogP contribution in [-0.2, 0) is 0 Å². The summed E-state index contributed by atoms with van der Waals surface area (Å²) in [5, 5.41) is 4.37. The lowest BCUT2D eigenvalue weighted by Crippen LogP contribution is -2.01. The van der Waals surface area contributed by atoms with Gasteiger partial charge >= 0.3 is 0 Å². The van der Waals surface area contributed by atoms with E-state index in [0.717, 1.165) is 71.7 Å². The van der Waals surface area contributed by atoms with Crippen molar-refractivity contribution >= 4 is 32.7 Å². The highest BCUT2D eigenvalue weighted by Crippen LogP contribution is 2.42. The van der Waals surface area contributed by atoms with Gasteiger partial charge in [0.1, 0.15) is 11.2 Å². The van der Waals surface area contributed by atoms with Crippen molar-refractivity contribution in [3.63, 3.8) is 0 Å². The molecule has 4 nitrogen and oxygen atoms in total. The van der Waals surface area contributed by atoms with Crippen LogP contribution in [0.5, 0.6) is 0 Å². The number of hydrogen-bond donors (Lipinski definition) is 0. The summed E-state index contributed by atoms with van der Waals surface area (Å²) in [5.41, 5.74) is 11.3. The van der Waals surface area contributed by atoms with E-state index in [2.05, 4.69) is 158 Å². The second kappa shape index (κ2) is 12.9. The number of rotatable bonds is 6. The largest absolute Gasteiger partial charge is 0.456 e. The average molecular weight is 678 g/mol. The minimum atomic E-state index is 0.617. The third kappa shape index (κ3) is 5.54. The molecule has 4 heteroatoms. The maximum Gasteiger partial charge on any atom is 0.164 e. The number of fused-ring (bicyclic) bond motifs is 4. The Kier molecular flexibility index (Phi) is 7.43. The molecule has 0 saturated carbocycles. The van der Waals surface area contributed by atoms with Crippen molar-refractivity contribution in [1.82, 2.24) is 15.0 Å². The van der Waals surface area contributed by atoms with Crippen LogP contribution in [0.3, 0.4) is 0 Å². The number of benzene rings is 8. The SMILES string of the molecule is c1ccc(-c2ccc(-c3nc(-c4ccc(-c5ccccc5)cc4)nc(-c4cccc5cccc(-c6cccc7oc8ccccc8c67)c45)n3)cc2)cc1. The number of hydrogen-bond acceptors (Lipinski definition) is 4. The number of furan rings is 1. The smallest absolute Gasteiger partial charge is 0.164 e. The maximum absolute atomic E-state index is 6.31. The second-order valence-corrected chi connectivity index (χ2v) is 13.2. The average Bonchev–Trinajstić information content (AvgIpc) is 3.63. The Bertz CT molecular complexity index is 2810. The Morgan fingerprint density at radius 2 is 0.717 bits per heavy atom. The molecule has 10 aromatic rings. The van der Waals surface area contributed by atoms with Crippen molar-refractivity contribution < 1.29 is 4.42 Å². The highest BCUT2D eigenvalue weighted by molar-refractivity contribution is 6.17. The van der Waals surface area contributed by atoms with Gasteiger partial charge in [-0.15, -0.1) is 0 Å². The molecule has 0 aliphatic heterocycles. The van der Waals surface area contributed by atoms with Crippen molar-refractivity contribution in [2.45, 2.75) is 0 Å². The van der Waals surface area contributed by atoms with Gasteiger partial charge in [-0.05, 0) is 50.9 Å². The molecule has 2 aromatic heterocycles. The lowest BCUT2D eigenvalue weighted by atomic mass is 9.92. The molecule has 10 rings (SSSR count). The van der Waals surface area contributed by atoms with Gasteiger partial charge in [-0.3, -0.25) is 0 Å². The Morgan fingerprint density at radius 1 is 0.283 bits per heavy atom. The second-order valence-electron chi connectivity index (χ2n) is 13.2. The third-order valence-electron chi connectivity index (χ3n) is 9.97. The standard InChI is InChI=1S/C49H31N3O/c1-3-12-32(13-4-1)34-24-28-37(29-25-34)47-50-48(38-30-26-35(27-31-38)33-14-5-2-6-15-33)52-49(51-47)42-21-10-17-36-16-9-19-39(45(36)42)40-20-11-23-44-46(40)41-18-7-8-22-43(41)53-44/h1-31H. The molecule has 248 valence electrons. The summed E-state index contributed by atoms with van der Waals surface area (Å²) in [6.07, 6.45) is 0. The van der Waals surface area contributed by atoms with Gasteiger partial charge in [0.15, 0.2) is 17.5 Å². The highest BCUT2D eigenvalue weighted by Gasteiger charge is 2.19. The monoisotopic (exact) mass is 677 g/mol. The van der Waals surface area contributed by atoms with Crippen LogP contribution in [0.2, 0.25) is 0 Å². The van der Waals surface area contributed by atoms with Crippen LogP contribution >= 0.6 is 0 Å². The summed E-state index contributed by atoms with van der Waals surface area (Å²) in [6.45, 7) is 0. The molecule has 0 atom stereocenters. The summed E-state index contributed by atoms with van der Waals surface area (Å²) in [6, 6.07) is 65.1. The molecule has 2 heterocycles. The van der Waals surface area contributed by atoms with Gasteiger partial charge in [-0.25, -0.2) is 15.0 Å². The molecule has 0 aliphatic rings. The molecule has 0 spiro atoms. The van der Waals surface area contributed by atoms with Gasteiger partial charge in [0.2, 0.25) is 0 Å². The third-order valence-corrected chi connectivity index (χ3v) is 9.97. The fourth-order valence-electron chi connectivity index (χ4n) is 7.39. The van der Waals surface area contributed by atoms with Crippen LogP contribution in [0.4, 0.5) is 0 Å². The minimum absolute atomic E-state index is 0.617. The van der Waals surface area contributed by atoms with Crippen molar-refractivity contribution in [3.8, 4) is 67.5 Å². The van der Waals surface area contributed by atoms with Crippen LogP contribution in [0.25, 0.3) is 100 Å². The molecule has 0 saturated heterocycles. The Morgan fingerprint density at radius 3 is 1.32 bits per heavy atom. The molecule has 0 aliphatic carbocycles. The van der Waals surface area contributed by atoms with E-state index in [1.54, 1.807) is 0 Å². The fourth-order valence-corrected chi connectivity index (χ4v) is 7.39. The van der Waals surface area contributed by atoms with Gasteiger partial charge in [-0.2, -0.15) is 0 Å². The van der Waals surface area contributed by atoms with Gasteiger partial charge < -0.3 is 4.42 Å². The van der Waals surface area contributed by atoms with E-state index in [1.165, 1.54) is 11.1 Å². The normalized spacial score (nSPS) is 11.4. The zero-order chi connectivity index (χ0) is 35.1. The van der Waals surface area contributed by atoms with Crippen LogP contribution in [-0.4, -0.2) is 15.0 Å². The summed E-state index contributed by atoms with van der Waals surface area (Å²) in [4.78, 5) is 15.5. The number of nitrogens with zero attached hydrogens (tertiary/aromatic N) is 3. The van der Waals surface area contributed by atoms with Crippen LogP contribution in [0.15, 0.2) is 192 Å². The summed E-state index contributed by atoms with van der Waals surface area (Å²) in [5.74, 6) is 1.86. The molecule has 0 amide bonds. The molecule has 53 heavy (non-hydrogen) atoms. The zero-order valence-corrected chi connectivity index (χ0v) is 28.6. The summed E-state index contributed by atoms with van der Waals surface area (Å²) >= 11 is 0. The fraction of sp³-hybridized carbons (Fsp3) is 0. The first-order valence-corrected chi connectivity index (χ1v) is 17.8. The van der Waals surface area contributed by atoms with E-state index < -0.39 is 0 Å². The van der Waals surface area contributed by atoms with Crippen LogP contribution in [0.1, 0.15) is 0 Å². The van der Waals surface area contributed by atoms with Gasteiger partial charge in [0.25, 0.3) is 0 Å². The Labute approximate surface area is 306 Å². The molecule has 0 bridgehead atoms. The van der Waals surface area contributed by atoms with E-state index in [-0.39, 0.29) is 0 Å². The number of para-hydroxylation sites is 1. The zero-order valence-electron chi connectivity index (χ0n) is 28.6. The van der Waals surface area contributed by atoms with Crippen LogP contribution < -0.4 is 0 Å². The van der Waals surface area contributed by atoms with Crippen molar-refractivity contribution in [2.24, 2.45) is 0 Å². The molecular formula is C49H31N3O.